The number of halogens is 4. The summed E-state index contributed by atoms with van der Waals surface area (Å²) in [6.07, 6.45) is 0. The first-order valence-electron chi connectivity index (χ1n) is 5.33. The molecule has 0 radical (unpaired) electrons. The van der Waals surface area contributed by atoms with E-state index in [0.717, 1.165) is 6.07 Å². The van der Waals surface area contributed by atoms with Crippen LogP contribution in [-0.4, -0.2) is 5.11 Å². The molecule has 2 rings (SSSR count). The molecule has 2 aromatic carbocycles. The van der Waals surface area contributed by atoms with Gasteiger partial charge in [0.25, 0.3) is 0 Å². The second-order valence-electron chi connectivity index (χ2n) is 3.88. The first kappa shape index (κ1) is 13.5. The number of anilines is 1. The van der Waals surface area contributed by atoms with E-state index in [0.29, 0.717) is 11.8 Å². The van der Waals surface area contributed by atoms with E-state index in [2.05, 4.69) is 5.32 Å². The van der Waals surface area contributed by atoms with Crippen molar-refractivity contribution in [3.63, 3.8) is 0 Å². The Morgan fingerprint density at radius 1 is 1.00 bits per heavy atom. The maximum absolute atomic E-state index is 13.4. The lowest BCUT2D eigenvalue weighted by atomic mass is 10.2. The Bertz CT molecular complexity index is 619. The minimum atomic E-state index is -1.23. The summed E-state index contributed by atoms with van der Waals surface area (Å²) in [5.41, 5.74) is 0.509. The molecule has 0 unspecified atom stereocenters. The van der Waals surface area contributed by atoms with Gasteiger partial charge in [-0.15, -0.1) is 0 Å². The molecule has 19 heavy (non-hydrogen) atoms. The Balaban J connectivity index is 2.14. The molecule has 0 saturated carbocycles. The van der Waals surface area contributed by atoms with Gasteiger partial charge in [-0.3, -0.25) is 0 Å². The van der Waals surface area contributed by atoms with Crippen LogP contribution in [0.25, 0.3) is 0 Å². The highest BCUT2D eigenvalue weighted by Crippen LogP contribution is 2.26. The lowest BCUT2D eigenvalue weighted by Gasteiger charge is -2.09. The maximum atomic E-state index is 13.4. The van der Waals surface area contributed by atoms with Gasteiger partial charge < -0.3 is 10.4 Å². The van der Waals surface area contributed by atoms with E-state index in [-0.39, 0.29) is 22.9 Å². The molecule has 0 aromatic heterocycles. The lowest BCUT2D eigenvalue weighted by molar-refractivity contribution is 0.475. The van der Waals surface area contributed by atoms with E-state index in [1.54, 1.807) is 0 Å². The van der Waals surface area contributed by atoms with Gasteiger partial charge in [0.15, 0.2) is 11.6 Å². The zero-order valence-electron chi connectivity index (χ0n) is 9.55. The quantitative estimate of drug-likeness (QED) is 0.659. The average Bonchev–Trinajstić information content (AvgIpc) is 2.36. The van der Waals surface area contributed by atoms with Crippen molar-refractivity contribution in [1.29, 1.82) is 0 Å². The Morgan fingerprint density at radius 2 is 1.68 bits per heavy atom. The predicted molar refractivity (Wildman–Crippen MR) is 66.8 cm³/mol. The normalized spacial score (nSPS) is 10.5. The van der Waals surface area contributed by atoms with E-state index in [1.165, 1.54) is 18.2 Å². The fourth-order valence-corrected chi connectivity index (χ4v) is 1.69. The van der Waals surface area contributed by atoms with E-state index >= 15 is 0 Å². The van der Waals surface area contributed by atoms with E-state index in [4.69, 9.17) is 11.6 Å². The molecular formula is C13H9ClF3NO. The van der Waals surface area contributed by atoms with Crippen LogP contribution in [0, 0.1) is 17.5 Å². The first-order valence-corrected chi connectivity index (χ1v) is 5.71. The summed E-state index contributed by atoms with van der Waals surface area (Å²) < 4.78 is 39.1. The number of benzene rings is 2. The molecule has 0 amide bonds. The number of phenols is 1. The molecule has 0 fully saturated rings. The monoisotopic (exact) mass is 287 g/mol. The van der Waals surface area contributed by atoms with Gasteiger partial charge in [-0.2, -0.15) is 0 Å². The second kappa shape index (κ2) is 5.40. The van der Waals surface area contributed by atoms with Gasteiger partial charge in [-0.25, -0.2) is 13.2 Å². The summed E-state index contributed by atoms with van der Waals surface area (Å²) >= 11 is 5.70. The van der Waals surface area contributed by atoms with Gasteiger partial charge in [0, 0.05) is 23.9 Å². The van der Waals surface area contributed by atoms with Gasteiger partial charge >= 0.3 is 0 Å². The summed E-state index contributed by atoms with van der Waals surface area (Å²) in [6.45, 7) is -0.0376. The van der Waals surface area contributed by atoms with Crippen molar-refractivity contribution in [2.24, 2.45) is 0 Å². The molecule has 0 heterocycles. The van der Waals surface area contributed by atoms with Crippen LogP contribution in [0.2, 0.25) is 5.02 Å². The van der Waals surface area contributed by atoms with Gasteiger partial charge in [-0.05, 0) is 24.3 Å². The molecule has 0 atom stereocenters. The Morgan fingerprint density at radius 3 is 2.37 bits per heavy atom. The number of aromatic hydroxyl groups is 1. The predicted octanol–water partition coefficient (Wildman–Crippen LogP) is 4.08. The standard InChI is InChI=1S/C13H9ClF3NO/c14-9-4-8(1-2-13(9)19)18-6-7-3-11(16)12(17)5-10(7)15/h1-5,18-19H,6H2. The molecule has 6 heteroatoms. The van der Waals surface area contributed by atoms with Crippen molar-refractivity contribution in [1.82, 2.24) is 0 Å². The maximum Gasteiger partial charge on any atom is 0.161 e. The van der Waals surface area contributed by atoms with E-state index < -0.39 is 17.5 Å². The molecule has 0 saturated heterocycles. The van der Waals surface area contributed by atoms with Crippen molar-refractivity contribution < 1.29 is 18.3 Å². The minimum absolute atomic E-state index is 0.0110. The van der Waals surface area contributed by atoms with Crippen LogP contribution in [0.4, 0.5) is 18.9 Å². The summed E-state index contributed by atoms with van der Waals surface area (Å²) in [4.78, 5) is 0. The second-order valence-corrected chi connectivity index (χ2v) is 4.28. The van der Waals surface area contributed by atoms with Crippen molar-refractivity contribution in [2.45, 2.75) is 6.54 Å². The Labute approximate surface area is 112 Å². The highest BCUT2D eigenvalue weighted by molar-refractivity contribution is 6.32. The van der Waals surface area contributed by atoms with Crippen LogP contribution in [0.5, 0.6) is 5.75 Å². The lowest BCUT2D eigenvalue weighted by Crippen LogP contribution is -2.03. The average molecular weight is 288 g/mol. The largest absolute Gasteiger partial charge is 0.506 e. The molecule has 2 aromatic rings. The zero-order valence-corrected chi connectivity index (χ0v) is 10.3. The number of rotatable bonds is 3. The highest BCUT2D eigenvalue weighted by Gasteiger charge is 2.09. The van der Waals surface area contributed by atoms with Gasteiger partial charge in [0.05, 0.1) is 5.02 Å². The van der Waals surface area contributed by atoms with Crippen LogP contribution in [0.1, 0.15) is 5.56 Å². The third-order valence-corrected chi connectivity index (χ3v) is 2.82. The van der Waals surface area contributed by atoms with Gasteiger partial charge in [0.2, 0.25) is 0 Å². The molecule has 0 aliphatic heterocycles. The number of hydrogen-bond donors (Lipinski definition) is 2. The summed E-state index contributed by atoms with van der Waals surface area (Å²) in [5, 5.41) is 12.2. The van der Waals surface area contributed by atoms with Crippen molar-refractivity contribution in [3.8, 4) is 5.75 Å². The minimum Gasteiger partial charge on any atom is -0.506 e. The molecule has 2 nitrogen and oxygen atoms in total. The molecule has 0 aliphatic rings. The van der Waals surface area contributed by atoms with Crippen LogP contribution >= 0.6 is 11.6 Å². The Hall–Kier alpha value is -1.88. The van der Waals surface area contributed by atoms with Crippen LogP contribution < -0.4 is 5.32 Å². The van der Waals surface area contributed by atoms with Crippen LogP contribution in [-0.2, 0) is 6.54 Å². The van der Waals surface area contributed by atoms with Gasteiger partial charge in [-0.1, -0.05) is 11.6 Å². The molecular weight excluding hydrogens is 279 g/mol. The highest BCUT2D eigenvalue weighted by atomic mass is 35.5. The molecule has 0 bridgehead atoms. The van der Waals surface area contributed by atoms with Crippen LogP contribution in [0.3, 0.4) is 0 Å². The van der Waals surface area contributed by atoms with E-state index in [1.807, 2.05) is 0 Å². The molecule has 0 spiro atoms. The number of phenolic OH excluding ortho intramolecular Hbond substituents is 1. The fraction of sp³-hybridized carbons (Fsp3) is 0.0769. The number of hydrogen-bond acceptors (Lipinski definition) is 2. The van der Waals surface area contributed by atoms with E-state index in [9.17, 15) is 18.3 Å². The topological polar surface area (TPSA) is 32.3 Å². The van der Waals surface area contributed by atoms with Gasteiger partial charge in [0.1, 0.15) is 11.6 Å². The molecule has 100 valence electrons. The molecule has 2 N–H and O–H groups in total. The third kappa shape index (κ3) is 3.12. The third-order valence-electron chi connectivity index (χ3n) is 2.52. The summed E-state index contributed by atoms with van der Waals surface area (Å²) in [7, 11) is 0. The SMILES string of the molecule is Oc1ccc(NCc2cc(F)c(F)cc2F)cc1Cl. The Kier molecular flexibility index (Phi) is 3.85. The van der Waals surface area contributed by atoms with Crippen molar-refractivity contribution >= 4 is 17.3 Å². The van der Waals surface area contributed by atoms with Crippen molar-refractivity contribution in [2.75, 3.05) is 5.32 Å². The van der Waals surface area contributed by atoms with Crippen molar-refractivity contribution in [3.05, 3.63) is 58.4 Å². The fourth-order valence-electron chi connectivity index (χ4n) is 1.51. The van der Waals surface area contributed by atoms with Crippen LogP contribution in [0.15, 0.2) is 30.3 Å². The summed E-state index contributed by atoms with van der Waals surface area (Å²) in [6, 6.07) is 5.62. The smallest absolute Gasteiger partial charge is 0.161 e. The number of nitrogens with one attached hydrogen (secondary N) is 1. The molecule has 0 aliphatic carbocycles. The summed E-state index contributed by atoms with van der Waals surface area (Å²) in [5.74, 6) is -3.25. The zero-order chi connectivity index (χ0) is 14.0. The first-order chi connectivity index (χ1) is 8.97.